The van der Waals surface area contributed by atoms with Crippen molar-refractivity contribution in [2.45, 2.75) is 26.2 Å². The molecule has 0 fully saturated rings. The van der Waals surface area contributed by atoms with Crippen molar-refractivity contribution < 1.29 is 0 Å². The fourth-order valence-electron chi connectivity index (χ4n) is 1.60. The third-order valence-corrected chi connectivity index (χ3v) is 3.04. The van der Waals surface area contributed by atoms with Crippen molar-refractivity contribution >= 4 is 21.6 Å². The van der Waals surface area contributed by atoms with E-state index < -0.39 is 0 Å². The Labute approximate surface area is 110 Å². The lowest BCUT2D eigenvalue weighted by Gasteiger charge is -2.15. The summed E-state index contributed by atoms with van der Waals surface area (Å²) in [5, 5.41) is 0. The second-order valence-electron chi connectivity index (χ2n) is 5.17. The highest BCUT2D eigenvalue weighted by molar-refractivity contribution is 9.10. The van der Waals surface area contributed by atoms with E-state index >= 15 is 0 Å². The normalized spacial score (nSPS) is 11.8. The largest absolute Gasteiger partial charge is 0.399 e. The van der Waals surface area contributed by atoms with E-state index in [1.165, 1.54) is 0 Å². The van der Waals surface area contributed by atoms with Gasteiger partial charge in [0.25, 0.3) is 0 Å². The van der Waals surface area contributed by atoms with Crippen LogP contribution in [0.3, 0.4) is 0 Å². The summed E-state index contributed by atoms with van der Waals surface area (Å²) >= 11 is 3.43. The number of H-pyrrole nitrogens is 1. The molecule has 0 spiro atoms. The van der Waals surface area contributed by atoms with Gasteiger partial charge in [-0.05, 0) is 18.2 Å². The minimum Gasteiger partial charge on any atom is -0.399 e. The Kier molecular flexibility index (Phi) is 3.00. The van der Waals surface area contributed by atoms with Gasteiger partial charge < -0.3 is 10.7 Å². The number of nitrogen functional groups attached to an aromatic ring is 1. The minimum absolute atomic E-state index is 0.0722. The molecule has 0 amide bonds. The molecule has 0 bridgehead atoms. The first-order chi connectivity index (χ1) is 7.86. The molecule has 1 aromatic heterocycles. The first kappa shape index (κ1) is 12.2. The second-order valence-corrected chi connectivity index (χ2v) is 6.08. The van der Waals surface area contributed by atoms with Gasteiger partial charge in [-0.25, -0.2) is 4.98 Å². The van der Waals surface area contributed by atoms with Crippen LogP contribution < -0.4 is 5.73 Å². The Hall–Kier alpha value is -1.29. The van der Waals surface area contributed by atoms with Crippen molar-refractivity contribution in [1.29, 1.82) is 0 Å². The second kappa shape index (κ2) is 4.18. The van der Waals surface area contributed by atoms with E-state index in [2.05, 4.69) is 46.7 Å². The van der Waals surface area contributed by atoms with Crippen molar-refractivity contribution in [3.63, 3.8) is 0 Å². The third kappa shape index (κ3) is 2.69. The highest BCUT2D eigenvalue weighted by Crippen LogP contribution is 2.27. The summed E-state index contributed by atoms with van der Waals surface area (Å²) in [6.07, 6.45) is 1.88. The van der Waals surface area contributed by atoms with Crippen LogP contribution in [0.25, 0.3) is 11.4 Å². The first-order valence-corrected chi connectivity index (χ1v) is 6.27. The van der Waals surface area contributed by atoms with Crippen LogP contribution in [0, 0.1) is 0 Å². The van der Waals surface area contributed by atoms with E-state index in [1.54, 1.807) is 0 Å². The van der Waals surface area contributed by atoms with Gasteiger partial charge in [-0.15, -0.1) is 0 Å². The van der Waals surface area contributed by atoms with E-state index in [1.807, 2.05) is 24.4 Å². The molecule has 2 rings (SSSR count). The fourth-order valence-corrected chi connectivity index (χ4v) is 2.11. The first-order valence-electron chi connectivity index (χ1n) is 5.48. The predicted molar refractivity (Wildman–Crippen MR) is 74.8 cm³/mol. The smallest absolute Gasteiger partial charge is 0.137 e. The number of nitrogens with zero attached hydrogens (tertiary/aromatic N) is 1. The molecule has 1 aromatic carbocycles. The Balaban J connectivity index is 2.44. The summed E-state index contributed by atoms with van der Waals surface area (Å²) < 4.78 is 0.959. The summed E-state index contributed by atoms with van der Waals surface area (Å²) in [7, 11) is 0. The van der Waals surface area contributed by atoms with Gasteiger partial charge in [0.1, 0.15) is 5.82 Å². The van der Waals surface area contributed by atoms with Crippen molar-refractivity contribution in [2.75, 3.05) is 5.73 Å². The fraction of sp³-hybridized carbons (Fsp3) is 0.308. The van der Waals surface area contributed by atoms with Crippen molar-refractivity contribution in [3.05, 3.63) is 34.6 Å². The number of aromatic amines is 1. The SMILES string of the molecule is CC(C)(C)c1cnc(-c2cc(N)cc(Br)c2)[nH]1. The summed E-state index contributed by atoms with van der Waals surface area (Å²) in [5.41, 5.74) is 8.72. The molecule has 0 aliphatic rings. The lowest BCUT2D eigenvalue weighted by atomic mass is 9.93. The summed E-state index contributed by atoms with van der Waals surface area (Å²) in [6, 6.07) is 5.79. The van der Waals surface area contributed by atoms with E-state index in [0.29, 0.717) is 0 Å². The van der Waals surface area contributed by atoms with Gasteiger partial charge in [0.05, 0.1) is 0 Å². The third-order valence-electron chi connectivity index (χ3n) is 2.58. The molecule has 0 radical (unpaired) electrons. The number of imidazole rings is 1. The van der Waals surface area contributed by atoms with Gasteiger partial charge >= 0.3 is 0 Å². The van der Waals surface area contributed by atoms with E-state index in [0.717, 1.165) is 27.2 Å². The quantitative estimate of drug-likeness (QED) is 0.788. The zero-order valence-electron chi connectivity index (χ0n) is 10.2. The number of nitrogens with two attached hydrogens (primary N) is 1. The molecule has 4 heteroatoms. The maximum atomic E-state index is 5.82. The van der Waals surface area contributed by atoms with Crippen molar-refractivity contribution in [1.82, 2.24) is 9.97 Å². The van der Waals surface area contributed by atoms with Crippen molar-refractivity contribution in [3.8, 4) is 11.4 Å². The number of nitrogens with one attached hydrogen (secondary N) is 1. The number of hydrogen-bond acceptors (Lipinski definition) is 2. The molecule has 0 aliphatic heterocycles. The van der Waals surface area contributed by atoms with E-state index in [-0.39, 0.29) is 5.41 Å². The highest BCUT2D eigenvalue weighted by Gasteiger charge is 2.17. The number of aromatic nitrogens is 2. The van der Waals surface area contributed by atoms with Crippen LogP contribution in [0.4, 0.5) is 5.69 Å². The lowest BCUT2D eigenvalue weighted by Crippen LogP contribution is -2.11. The molecule has 0 atom stereocenters. The van der Waals surface area contributed by atoms with Crippen LogP contribution >= 0.6 is 15.9 Å². The molecule has 17 heavy (non-hydrogen) atoms. The molecule has 2 aromatic rings. The summed E-state index contributed by atoms with van der Waals surface area (Å²) in [5.74, 6) is 0.850. The van der Waals surface area contributed by atoms with Crippen LogP contribution in [0.15, 0.2) is 28.9 Å². The van der Waals surface area contributed by atoms with Gasteiger partial charge in [0, 0.05) is 33.0 Å². The van der Waals surface area contributed by atoms with Crippen LogP contribution in [-0.2, 0) is 5.41 Å². The summed E-state index contributed by atoms with van der Waals surface area (Å²) in [4.78, 5) is 7.74. The Morgan fingerprint density at radius 1 is 1.24 bits per heavy atom. The maximum Gasteiger partial charge on any atom is 0.137 e. The van der Waals surface area contributed by atoms with Gasteiger partial charge in [-0.1, -0.05) is 36.7 Å². The van der Waals surface area contributed by atoms with Crippen LogP contribution in [0.1, 0.15) is 26.5 Å². The molecular weight excluding hydrogens is 278 g/mol. The number of benzene rings is 1. The number of hydrogen-bond donors (Lipinski definition) is 2. The van der Waals surface area contributed by atoms with Crippen LogP contribution in [0.5, 0.6) is 0 Å². The monoisotopic (exact) mass is 293 g/mol. The average molecular weight is 294 g/mol. The molecule has 3 N–H and O–H groups in total. The number of anilines is 1. The average Bonchev–Trinajstić information content (AvgIpc) is 2.63. The lowest BCUT2D eigenvalue weighted by molar-refractivity contribution is 0.573. The molecule has 1 heterocycles. The predicted octanol–water partition coefficient (Wildman–Crippen LogP) is 3.72. The maximum absolute atomic E-state index is 5.82. The van der Waals surface area contributed by atoms with Crippen molar-refractivity contribution in [2.24, 2.45) is 0 Å². The van der Waals surface area contributed by atoms with E-state index in [9.17, 15) is 0 Å². The molecule has 0 saturated carbocycles. The minimum atomic E-state index is 0.0722. The molecule has 0 saturated heterocycles. The molecule has 3 nitrogen and oxygen atoms in total. The van der Waals surface area contributed by atoms with Gasteiger partial charge in [0.2, 0.25) is 0 Å². The molecule has 0 aliphatic carbocycles. The van der Waals surface area contributed by atoms with Gasteiger partial charge in [-0.3, -0.25) is 0 Å². The zero-order chi connectivity index (χ0) is 12.6. The molecule has 0 unspecified atom stereocenters. The molecular formula is C13H16BrN3. The Morgan fingerprint density at radius 2 is 1.94 bits per heavy atom. The zero-order valence-corrected chi connectivity index (χ0v) is 11.8. The Bertz CT molecular complexity index is 518. The van der Waals surface area contributed by atoms with Crippen LogP contribution in [0.2, 0.25) is 0 Å². The molecule has 90 valence electrons. The van der Waals surface area contributed by atoms with E-state index in [4.69, 9.17) is 5.73 Å². The van der Waals surface area contributed by atoms with Gasteiger partial charge in [-0.2, -0.15) is 0 Å². The number of halogens is 1. The highest BCUT2D eigenvalue weighted by atomic mass is 79.9. The Morgan fingerprint density at radius 3 is 2.47 bits per heavy atom. The standard InChI is InChI=1S/C13H16BrN3/c1-13(2,3)11-7-16-12(17-11)8-4-9(14)6-10(15)5-8/h4-7H,15H2,1-3H3,(H,16,17). The van der Waals surface area contributed by atoms with Gasteiger partial charge in [0.15, 0.2) is 0 Å². The van der Waals surface area contributed by atoms with Crippen LogP contribution in [-0.4, -0.2) is 9.97 Å². The number of rotatable bonds is 1. The topological polar surface area (TPSA) is 54.7 Å². The summed E-state index contributed by atoms with van der Waals surface area (Å²) in [6.45, 7) is 6.46.